The zero-order valence-electron chi connectivity index (χ0n) is 16.0. The second-order valence-corrected chi connectivity index (χ2v) is 6.78. The third-order valence-electron chi connectivity index (χ3n) is 4.16. The summed E-state index contributed by atoms with van der Waals surface area (Å²) in [6.07, 6.45) is 0.125. The molecule has 0 saturated heterocycles. The van der Waals surface area contributed by atoms with Crippen molar-refractivity contribution in [2.45, 2.75) is 23.5 Å². The van der Waals surface area contributed by atoms with Gasteiger partial charge >= 0.3 is 6.09 Å². The maximum absolute atomic E-state index is 12.4. The summed E-state index contributed by atoms with van der Waals surface area (Å²) in [4.78, 5) is 13.5. The van der Waals surface area contributed by atoms with Crippen molar-refractivity contribution in [1.29, 1.82) is 0 Å². The van der Waals surface area contributed by atoms with Crippen LogP contribution in [-0.4, -0.2) is 49.5 Å². The second kappa shape index (κ2) is 10.8. The number of methoxy groups -OCH3 is 2. The van der Waals surface area contributed by atoms with Gasteiger partial charge in [0.25, 0.3) is 0 Å². The first-order valence-electron chi connectivity index (χ1n) is 8.64. The Labute approximate surface area is 168 Å². The molecule has 28 heavy (non-hydrogen) atoms. The number of hydrogen-bond acceptors (Lipinski definition) is 7. The lowest BCUT2D eigenvalue weighted by molar-refractivity contribution is -0.0306. The number of carbonyl (C=O) groups excluding carboxylic acids is 1. The third-order valence-corrected chi connectivity index (χ3v) is 4.90. The zero-order chi connectivity index (χ0) is 20.5. The summed E-state index contributed by atoms with van der Waals surface area (Å²) in [7, 11) is 2.92. The SMILES string of the molecule is COc1ccc([C@@H](OC(=O)Nc2ccc(SC)cc2)[C@@H](CCO)OC)cc1O. The lowest BCUT2D eigenvalue weighted by atomic mass is 10.0. The largest absolute Gasteiger partial charge is 0.504 e. The van der Waals surface area contributed by atoms with E-state index in [0.29, 0.717) is 17.0 Å². The van der Waals surface area contributed by atoms with Crippen molar-refractivity contribution in [3.05, 3.63) is 48.0 Å². The Morgan fingerprint density at radius 3 is 2.43 bits per heavy atom. The van der Waals surface area contributed by atoms with E-state index in [1.165, 1.54) is 20.3 Å². The highest BCUT2D eigenvalue weighted by Crippen LogP contribution is 2.33. The van der Waals surface area contributed by atoms with E-state index in [9.17, 15) is 15.0 Å². The first-order valence-corrected chi connectivity index (χ1v) is 9.87. The van der Waals surface area contributed by atoms with Gasteiger partial charge in [0.2, 0.25) is 0 Å². The van der Waals surface area contributed by atoms with Crippen molar-refractivity contribution in [3.8, 4) is 11.5 Å². The molecule has 0 unspecified atom stereocenters. The van der Waals surface area contributed by atoms with Crippen molar-refractivity contribution < 1.29 is 29.2 Å². The first kappa shape index (κ1) is 21.9. The topological polar surface area (TPSA) is 97.3 Å². The molecular weight excluding hydrogens is 382 g/mol. The fraction of sp³-hybridized carbons (Fsp3) is 0.350. The van der Waals surface area contributed by atoms with Gasteiger partial charge < -0.3 is 24.4 Å². The number of benzene rings is 2. The van der Waals surface area contributed by atoms with E-state index in [1.54, 1.807) is 36.0 Å². The average molecular weight is 407 g/mol. The van der Waals surface area contributed by atoms with Gasteiger partial charge in [-0.25, -0.2) is 4.79 Å². The second-order valence-electron chi connectivity index (χ2n) is 5.90. The molecule has 3 N–H and O–H groups in total. The molecule has 152 valence electrons. The van der Waals surface area contributed by atoms with Gasteiger partial charge in [0.1, 0.15) is 6.10 Å². The van der Waals surface area contributed by atoms with Crippen LogP contribution in [0.15, 0.2) is 47.4 Å². The predicted molar refractivity (Wildman–Crippen MR) is 108 cm³/mol. The van der Waals surface area contributed by atoms with Gasteiger partial charge in [0.15, 0.2) is 17.6 Å². The number of thioether (sulfide) groups is 1. The van der Waals surface area contributed by atoms with Crippen molar-refractivity contribution in [2.75, 3.05) is 32.4 Å². The maximum atomic E-state index is 12.4. The predicted octanol–water partition coefficient (Wildman–Crippen LogP) is 3.81. The quantitative estimate of drug-likeness (QED) is 0.544. The molecule has 0 aromatic heterocycles. The van der Waals surface area contributed by atoms with Crippen LogP contribution in [0.25, 0.3) is 0 Å². The zero-order valence-corrected chi connectivity index (χ0v) is 16.9. The van der Waals surface area contributed by atoms with Crippen LogP contribution < -0.4 is 10.1 Å². The van der Waals surface area contributed by atoms with Gasteiger partial charge in [0.05, 0.1) is 7.11 Å². The van der Waals surface area contributed by atoms with Crippen LogP contribution in [0.5, 0.6) is 11.5 Å². The Bertz CT molecular complexity index is 768. The number of carbonyl (C=O) groups is 1. The van der Waals surface area contributed by atoms with Gasteiger partial charge in [-0.1, -0.05) is 6.07 Å². The maximum Gasteiger partial charge on any atom is 0.412 e. The molecule has 0 radical (unpaired) electrons. The molecule has 1 amide bonds. The van der Waals surface area contributed by atoms with Gasteiger partial charge in [-0.3, -0.25) is 5.32 Å². The number of hydrogen-bond donors (Lipinski definition) is 3. The number of phenols is 1. The van der Waals surface area contributed by atoms with E-state index in [1.807, 2.05) is 18.4 Å². The molecule has 0 saturated carbocycles. The minimum Gasteiger partial charge on any atom is -0.504 e. The lowest BCUT2D eigenvalue weighted by Crippen LogP contribution is -2.28. The molecule has 0 bridgehead atoms. The summed E-state index contributed by atoms with van der Waals surface area (Å²) >= 11 is 1.60. The first-order chi connectivity index (χ1) is 13.5. The summed E-state index contributed by atoms with van der Waals surface area (Å²) < 4.78 is 16.0. The highest BCUT2D eigenvalue weighted by Gasteiger charge is 2.28. The summed E-state index contributed by atoms with van der Waals surface area (Å²) in [6.45, 7) is -0.141. The highest BCUT2D eigenvalue weighted by molar-refractivity contribution is 7.98. The molecule has 2 aromatic rings. The fourth-order valence-electron chi connectivity index (χ4n) is 2.70. The molecule has 0 spiro atoms. The van der Waals surface area contributed by atoms with Crippen LogP contribution in [0, 0.1) is 0 Å². The molecule has 2 atom stereocenters. The number of nitrogens with one attached hydrogen (secondary N) is 1. The third kappa shape index (κ3) is 5.79. The number of ether oxygens (including phenoxy) is 3. The number of aliphatic hydroxyl groups is 1. The minimum absolute atomic E-state index is 0.0829. The molecule has 0 fully saturated rings. The van der Waals surface area contributed by atoms with Crippen LogP contribution >= 0.6 is 11.8 Å². The molecule has 0 aliphatic carbocycles. The number of rotatable bonds is 9. The van der Waals surface area contributed by atoms with E-state index in [4.69, 9.17) is 14.2 Å². The molecule has 8 heteroatoms. The molecule has 2 rings (SSSR count). The van der Waals surface area contributed by atoms with Crippen molar-refractivity contribution in [3.63, 3.8) is 0 Å². The van der Waals surface area contributed by atoms with Crippen LogP contribution in [-0.2, 0) is 9.47 Å². The van der Waals surface area contributed by atoms with Crippen molar-refractivity contribution >= 4 is 23.5 Å². The Hall–Kier alpha value is -2.42. The van der Waals surface area contributed by atoms with E-state index < -0.39 is 18.3 Å². The fourth-order valence-corrected chi connectivity index (χ4v) is 3.11. The molecule has 2 aromatic carbocycles. The monoisotopic (exact) mass is 407 g/mol. The van der Waals surface area contributed by atoms with E-state index in [2.05, 4.69) is 5.32 Å². The van der Waals surface area contributed by atoms with Crippen LogP contribution in [0.1, 0.15) is 18.1 Å². The Morgan fingerprint density at radius 2 is 1.89 bits per heavy atom. The molecule has 7 nitrogen and oxygen atoms in total. The standard InChI is InChI=1S/C20H25NO6S/c1-25-17-9-4-13(12-16(17)23)19(18(26-2)10-11-22)27-20(24)21-14-5-7-15(28-3)8-6-14/h4-9,12,18-19,22-23H,10-11H2,1-3H3,(H,21,24)/t18-,19-/m1/s1. The van der Waals surface area contributed by atoms with E-state index in [0.717, 1.165) is 4.90 Å². The van der Waals surface area contributed by atoms with Gasteiger partial charge in [-0.05, 0) is 48.2 Å². The Balaban J connectivity index is 2.20. The summed E-state index contributed by atoms with van der Waals surface area (Å²) in [5, 5.41) is 22.1. The number of phenolic OH excluding ortho intramolecular Hbond substituents is 1. The molecular formula is C20H25NO6S. The van der Waals surface area contributed by atoms with Gasteiger partial charge in [-0.15, -0.1) is 11.8 Å². The number of anilines is 1. The number of aliphatic hydroxyl groups excluding tert-OH is 1. The normalized spacial score (nSPS) is 12.9. The van der Waals surface area contributed by atoms with Crippen LogP contribution in [0.2, 0.25) is 0 Å². The Morgan fingerprint density at radius 1 is 1.18 bits per heavy atom. The molecule has 0 heterocycles. The van der Waals surface area contributed by atoms with Gasteiger partial charge in [0, 0.05) is 30.7 Å². The summed E-state index contributed by atoms with van der Waals surface area (Å²) in [5.41, 5.74) is 1.11. The molecule has 0 aliphatic heterocycles. The van der Waals surface area contributed by atoms with E-state index >= 15 is 0 Å². The highest BCUT2D eigenvalue weighted by atomic mass is 32.2. The smallest absolute Gasteiger partial charge is 0.412 e. The summed E-state index contributed by atoms with van der Waals surface area (Å²) in [5.74, 6) is 0.220. The van der Waals surface area contributed by atoms with Crippen molar-refractivity contribution in [2.24, 2.45) is 0 Å². The minimum atomic E-state index is -0.834. The Kier molecular flexibility index (Phi) is 8.43. The molecule has 0 aliphatic rings. The van der Waals surface area contributed by atoms with Gasteiger partial charge in [-0.2, -0.15) is 0 Å². The lowest BCUT2D eigenvalue weighted by Gasteiger charge is -2.26. The average Bonchev–Trinajstić information content (AvgIpc) is 2.71. The number of aromatic hydroxyl groups is 1. The van der Waals surface area contributed by atoms with Crippen molar-refractivity contribution in [1.82, 2.24) is 0 Å². The summed E-state index contributed by atoms with van der Waals surface area (Å²) in [6, 6.07) is 12.0. The van der Waals surface area contributed by atoms with E-state index in [-0.39, 0.29) is 18.8 Å². The van der Waals surface area contributed by atoms with Crippen LogP contribution in [0.3, 0.4) is 0 Å². The number of amides is 1. The van der Waals surface area contributed by atoms with Crippen LogP contribution in [0.4, 0.5) is 10.5 Å².